The molecule has 0 fully saturated rings. The average Bonchev–Trinajstić information content (AvgIpc) is 2.89. The van der Waals surface area contributed by atoms with Crippen molar-refractivity contribution in [1.82, 2.24) is 14.5 Å². The van der Waals surface area contributed by atoms with Crippen molar-refractivity contribution in [2.45, 2.75) is 6.61 Å². The molecule has 0 saturated heterocycles. The molecular weight excluding hydrogens is 304 g/mol. The summed E-state index contributed by atoms with van der Waals surface area (Å²) < 4.78 is 31.3. The van der Waals surface area contributed by atoms with Crippen LogP contribution in [0.25, 0.3) is 11.0 Å². The van der Waals surface area contributed by atoms with Crippen LogP contribution >= 0.6 is 0 Å². The number of aryl methyl sites for hydroxylation is 1. The molecule has 0 spiro atoms. The van der Waals surface area contributed by atoms with Crippen molar-refractivity contribution in [3.8, 4) is 11.8 Å². The first-order valence-corrected chi connectivity index (χ1v) is 6.60. The SMILES string of the molecule is Cn1cnc2cnc(Nc3ccc(C#N)cc3OC(F)F)cc21. The molecule has 0 amide bonds. The zero-order valence-electron chi connectivity index (χ0n) is 12.0. The molecule has 0 atom stereocenters. The molecule has 0 saturated carbocycles. The number of hydrogen-bond donors (Lipinski definition) is 1. The number of nitriles is 1. The highest BCUT2D eigenvalue weighted by Crippen LogP contribution is 2.30. The van der Waals surface area contributed by atoms with Crippen molar-refractivity contribution < 1.29 is 13.5 Å². The first-order valence-electron chi connectivity index (χ1n) is 6.60. The third kappa shape index (κ3) is 3.03. The molecule has 116 valence electrons. The topological polar surface area (TPSA) is 75.8 Å². The standard InChI is InChI=1S/C15H11F2N5O/c1-22-8-20-11-7-19-14(5-12(11)22)21-10-3-2-9(6-18)4-13(10)23-15(16)17/h2-5,7-8,15H,1H3,(H,19,21). The molecule has 0 aliphatic rings. The molecule has 0 radical (unpaired) electrons. The van der Waals surface area contributed by atoms with Gasteiger partial charge < -0.3 is 14.6 Å². The molecule has 3 rings (SSSR count). The van der Waals surface area contributed by atoms with Crippen LogP contribution in [0.4, 0.5) is 20.3 Å². The van der Waals surface area contributed by atoms with E-state index in [0.29, 0.717) is 11.5 Å². The fourth-order valence-electron chi connectivity index (χ4n) is 2.13. The first-order chi connectivity index (χ1) is 11.1. The summed E-state index contributed by atoms with van der Waals surface area (Å²) in [6.45, 7) is -2.99. The lowest BCUT2D eigenvalue weighted by Gasteiger charge is -2.12. The summed E-state index contributed by atoms with van der Waals surface area (Å²) in [5.74, 6) is 0.330. The molecule has 2 aromatic heterocycles. The van der Waals surface area contributed by atoms with Gasteiger partial charge in [-0.05, 0) is 12.1 Å². The largest absolute Gasteiger partial charge is 0.433 e. The van der Waals surface area contributed by atoms with Gasteiger partial charge in [-0.1, -0.05) is 0 Å². The normalized spacial score (nSPS) is 10.7. The van der Waals surface area contributed by atoms with Gasteiger partial charge in [0.2, 0.25) is 0 Å². The Morgan fingerprint density at radius 3 is 2.87 bits per heavy atom. The minimum absolute atomic E-state index is 0.119. The summed E-state index contributed by atoms with van der Waals surface area (Å²) in [4.78, 5) is 8.34. The quantitative estimate of drug-likeness (QED) is 0.800. The zero-order valence-corrected chi connectivity index (χ0v) is 12.0. The van der Waals surface area contributed by atoms with E-state index in [9.17, 15) is 8.78 Å². The van der Waals surface area contributed by atoms with E-state index < -0.39 is 6.61 Å². The molecule has 1 N–H and O–H groups in total. The monoisotopic (exact) mass is 315 g/mol. The van der Waals surface area contributed by atoms with Gasteiger partial charge in [0.1, 0.15) is 11.3 Å². The summed E-state index contributed by atoms with van der Waals surface area (Å²) >= 11 is 0. The van der Waals surface area contributed by atoms with Crippen LogP contribution in [0.15, 0.2) is 36.8 Å². The van der Waals surface area contributed by atoms with E-state index in [-0.39, 0.29) is 11.3 Å². The lowest BCUT2D eigenvalue weighted by molar-refractivity contribution is -0.0493. The van der Waals surface area contributed by atoms with Gasteiger partial charge in [-0.15, -0.1) is 0 Å². The Balaban J connectivity index is 1.97. The predicted octanol–water partition coefficient (Wildman–Crippen LogP) is 3.18. The number of anilines is 2. The van der Waals surface area contributed by atoms with E-state index >= 15 is 0 Å². The van der Waals surface area contributed by atoms with Gasteiger partial charge in [0.25, 0.3) is 0 Å². The van der Waals surface area contributed by atoms with Gasteiger partial charge in [-0.25, -0.2) is 9.97 Å². The Morgan fingerprint density at radius 2 is 2.13 bits per heavy atom. The Kier molecular flexibility index (Phi) is 3.76. The van der Waals surface area contributed by atoms with Gasteiger partial charge in [-0.2, -0.15) is 14.0 Å². The maximum Gasteiger partial charge on any atom is 0.387 e. The zero-order chi connectivity index (χ0) is 16.4. The maximum absolute atomic E-state index is 12.5. The van der Waals surface area contributed by atoms with Gasteiger partial charge in [0.05, 0.1) is 35.4 Å². The molecule has 0 bridgehead atoms. The van der Waals surface area contributed by atoms with E-state index in [4.69, 9.17) is 5.26 Å². The maximum atomic E-state index is 12.5. The fraction of sp³-hybridized carbons (Fsp3) is 0.133. The van der Waals surface area contributed by atoms with Crippen molar-refractivity contribution in [2.75, 3.05) is 5.32 Å². The van der Waals surface area contributed by atoms with Crippen molar-refractivity contribution >= 4 is 22.5 Å². The van der Waals surface area contributed by atoms with Gasteiger partial charge in [0, 0.05) is 19.2 Å². The minimum Gasteiger partial charge on any atom is -0.433 e. The molecule has 1 aromatic carbocycles. The second-order valence-electron chi connectivity index (χ2n) is 4.74. The van der Waals surface area contributed by atoms with Crippen LogP contribution in [0, 0.1) is 11.3 Å². The van der Waals surface area contributed by atoms with Crippen LogP contribution < -0.4 is 10.1 Å². The molecular formula is C15H11F2N5O. The van der Waals surface area contributed by atoms with E-state index in [2.05, 4.69) is 20.0 Å². The van der Waals surface area contributed by atoms with E-state index in [1.165, 1.54) is 18.2 Å². The number of pyridine rings is 1. The van der Waals surface area contributed by atoms with Crippen molar-refractivity contribution in [3.63, 3.8) is 0 Å². The number of nitrogens with one attached hydrogen (secondary N) is 1. The van der Waals surface area contributed by atoms with E-state index in [1.54, 1.807) is 18.6 Å². The molecule has 8 heteroatoms. The highest BCUT2D eigenvalue weighted by Gasteiger charge is 2.12. The first kappa shape index (κ1) is 14.7. The van der Waals surface area contributed by atoms with Crippen molar-refractivity contribution in [2.24, 2.45) is 7.05 Å². The van der Waals surface area contributed by atoms with Crippen LogP contribution in [0.3, 0.4) is 0 Å². The van der Waals surface area contributed by atoms with Crippen LogP contribution in [-0.2, 0) is 7.05 Å². The average molecular weight is 315 g/mol. The Bertz CT molecular complexity index is 901. The van der Waals surface area contributed by atoms with Crippen LogP contribution in [0.5, 0.6) is 5.75 Å². The lowest BCUT2D eigenvalue weighted by Crippen LogP contribution is -2.05. The van der Waals surface area contributed by atoms with Crippen molar-refractivity contribution in [1.29, 1.82) is 5.26 Å². The molecule has 2 heterocycles. The summed E-state index contributed by atoms with van der Waals surface area (Å²) in [5, 5.41) is 11.8. The number of rotatable bonds is 4. The highest BCUT2D eigenvalue weighted by molar-refractivity contribution is 5.79. The van der Waals surface area contributed by atoms with Gasteiger partial charge >= 0.3 is 6.61 Å². The molecule has 0 aliphatic carbocycles. The van der Waals surface area contributed by atoms with Gasteiger partial charge in [0.15, 0.2) is 5.75 Å². The number of ether oxygens (including phenoxy) is 1. The number of imidazole rings is 1. The predicted molar refractivity (Wildman–Crippen MR) is 79.6 cm³/mol. The molecule has 0 unspecified atom stereocenters. The molecule has 23 heavy (non-hydrogen) atoms. The van der Waals surface area contributed by atoms with E-state index in [0.717, 1.165) is 11.0 Å². The molecule has 0 aliphatic heterocycles. The van der Waals surface area contributed by atoms with Crippen LogP contribution in [0.1, 0.15) is 5.56 Å². The lowest BCUT2D eigenvalue weighted by atomic mass is 10.2. The van der Waals surface area contributed by atoms with E-state index in [1.807, 2.05) is 17.7 Å². The Morgan fingerprint density at radius 1 is 1.30 bits per heavy atom. The summed E-state index contributed by atoms with van der Waals surface area (Å²) in [7, 11) is 1.84. The second kappa shape index (κ2) is 5.88. The number of alkyl halides is 2. The number of fused-ring (bicyclic) bond motifs is 1. The summed E-state index contributed by atoms with van der Waals surface area (Å²) in [5.41, 5.74) is 2.08. The third-order valence-corrected chi connectivity index (χ3v) is 3.20. The number of benzene rings is 1. The fourth-order valence-corrected chi connectivity index (χ4v) is 2.13. The molecule has 6 nitrogen and oxygen atoms in total. The van der Waals surface area contributed by atoms with Crippen LogP contribution in [0.2, 0.25) is 0 Å². The summed E-state index contributed by atoms with van der Waals surface area (Å²) in [6, 6.07) is 7.86. The number of nitrogens with zero attached hydrogens (tertiary/aromatic N) is 4. The number of aromatic nitrogens is 3. The smallest absolute Gasteiger partial charge is 0.387 e. The number of halogens is 2. The molecule has 3 aromatic rings. The van der Waals surface area contributed by atoms with Gasteiger partial charge in [-0.3, -0.25) is 0 Å². The minimum atomic E-state index is -2.99. The van der Waals surface area contributed by atoms with Crippen molar-refractivity contribution in [3.05, 3.63) is 42.4 Å². The second-order valence-corrected chi connectivity index (χ2v) is 4.74. The Hall–Kier alpha value is -3.21. The Labute approximate surface area is 130 Å². The number of hydrogen-bond acceptors (Lipinski definition) is 5. The summed E-state index contributed by atoms with van der Waals surface area (Å²) in [6.07, 6.45) is 3.23. The highest BCUT2D eigenvalue weighted by atomic mass is 19.3. The third-order valence-electron chi connectivity index (χ3n) is 3.20. The van der Waals surface area contributed by atoms with Crippen LogP contribution in [-0.4, -0.2) is 21.1 Å².